The van der Waals surface area contributed by atoms with Gasteiger partial charge in [0.25, 0.3) is 0 Å². The molecule has 2 aliphatic heterocycles. The van der Waals surface area contributed by atoms with E-state index in [1.54, 1.807) is 0 Å². The smallest absolute Gasteiger partial charge is 0.0866 e. The standard InChI is InChI=1S/C8H18N4/c1-3-9-7-8(10-4-1)12-6-2-5-11-7/h7-12H,1-6H2. The van der Waals surface area contributed by atoms with Crippen molar-refractivity contribution in [3.63, 3.8) is 0 Å². The Bertz CT molecular complexity index is 111. The summed E-state index contributed by atoms with van der Waals surface area (Å²) in [5.41, 5.74) is 0. The van der Waals surface area contributed by atoms with Crippen molar-refractivity contribution in [2.75, 3.05) is 26.2 Å². The summed E-state index contributed by atoms with van der Waals surface area (Å²) in [6.45, 7) is 4.46. The molecule has 0 radical (unpaired) electrons. The number of hydrogen-bond acceptors (Lipinski definition) is 4. The van der Waals surface area contributed by atoms with Crippen molar-refractivity contribution in [2.24, 2.45) is 0 Å². The van der Waals surface area contributed by atoms with Gasteiger partial charge in [-0.25, -0.2) is 0 Å². The molecule has 12 heavy (non-hydrogen) atoms. The SMILES string of the molecule is C1CNC2NCCCNC2NC1. The zero-order valence-electron chi connectivity index (χ0n) is 7.40. The number of hydrogen-bond donors (Lipinski definition) is 4. The van der Waals surface area contributed by atoms with E-state index in [0.29, 0.717) is 12.3 Å². The van der Waals surface area contributed by atoms with E-state index in [9.17, 15) is 0 Å². The minimum atomic E-state index is 0.412. The van der Waals surface area contributed by atoms with E-state index in [1.165, 1.54) is 12.8 Å². The first-order chi connectivity index (χ1) is 5.97. The lowest BCUT2D eigenvalue weighted by Gasteiger charge is -2.24. The summed E-state index contributed by atoms with van der Waals surface area (Å²) in [5, 5.41) is 13.9. The molecule has 2 saturated heterocycles. The third-order valence-electron chi connectivity index (χ3n) is 2.50. The monoisotopic (exact) mass is 170 g/mol. The van der Waals surface area contributed by atoms with Crippen LogP contribution in [-0.2, 0) is 0 Å². The molecule has 4 nitrogen and oxygen atoms in total. The number of nitrogens with one attached hydrogen (secondary N) is 4. The second kappa shape index (κ2) is 4.18. The minimum Gasteiger partial charge on any atom is -0.299 e. The van der Waals surface area contributed by atoms with Gasteiger partial charge in [-0.3, -0.25) is 21.3 Å². The van der Waals surface area contributed by atoms with Crippen LogP contribution in [0.2, 0.25) is 0 Å². The zero-order chi connectivity index (χ0) is 8.23. The minimum absolute atomic E-state index is 0.412. The van der Waals surface area contributed by atoms with Crippen LogP contribution in [0.4, 0.5) is 0 Å². The molecular weight excluding hydrogens is 152 g/mol. The maximum atomic E-state index is 3.49. The number of rotatable bonds is 0. The van der Waals surface area contributed by atoms with E-state index >= 15 is 0 Å². The first kappa shape index (κ1) is 8.44. The average molecular weight is 170 g/mol. The quantitative estimate of drug-likeness (QED) is 0.369. The molecule has 4 heteroatoms. The van der Waals surface area contributed by atoms with Crippen LogP contribution in [0, 0.1) is 0 Å². The van der Waals surface area contributed by atoms with Gasteiger partial charge in [0.15, 0.2) is 0 Å². The molecule has 0 bridgehead atoms. The van der Waals surface area contributed by atoms with Crippen molar-refractivity contribution in [3.8, 4) is 0 Å². The fraction of sp³-hybridized carbons (Fsp3) is 1.00. The van der Waals surface area contributed by atoms with Crippen LogP contribution >= 0.6 is 0 Å². The fourth-order valence-electron chi connectivity index (χ4n) is 1.82. The van der Waals surface area contributed by atoms with Crippen LogP contribution < -0.4 is 21.3 Å². The van der Waals surface area contributed by atoms with Crippen LogP contribution in [-0.4, -0.2) is 38.5 Å². The molecule has 70 valence electrons. The number of fused-ring (bicyclic) bond motifs is 1. The van der Waals surface area contributed by atoms with E-state index in [4.69, 9.17) is 0 Å². The van der Waals surface area contributed by atoms with Gasteiger partial charge in [0.2, 0.25) is 0 Å². The Morgan fingerprint density at radius 1 is 0.583 bits per heavy atom. The second-order valence-electron chi connectivity index (χ2n) is 3.48. The normalized spacial score (nSPS) is 38.0. The van der Waals surface area contributed by atoms with Crippen molar-refractivity contribution >= 4 is 0 Å². The van der Waals surface area contributed by atoms with Gasteiger partial charge in [-0.2, -0.15) is 0 Å². The average Bonchev–Trinajstić information content (AvgIpc) is 2.38. The molecule has 2 heterocycles. The highest BCUT2D eigenvalue weighted by Gasteiger charge is 2.23. The molecule has 0 spiro atoms. The molecule has 0 unspecified atom stereocenters. The van der Waals surface area contributed by atoms with Gasteiger partial charge in [0.05, 0.1) is 12.3 Å². The van der Waals surface area contributed by atoms with Crippen molar-refractivity contribution in [1.82, 2.24) is 21.3 Å². The lowest BCUT2D eigenvalue weighted by atomic mass is 10.4. The summed E-state index contributed by atoms with van der Waals surface area (Å²) in [6.07, 6.45) is 3.26. The topological polar surface area (TPSA) is 48.1 Å². The van der Waals surface area contributed by atoms with Crippen LogP contribution in [0.25, 0.3) is 0 Å². The predicted molar refractivity (Wildman–Crippen MR) is 48.8 cm³/mol. The first-order valence-corrected chi connectivity index (χ1v) is 4.90. The van der Waals surface area contributed by atoms with Crippen LogP contribution in [0.5, 0.6) is 0 Å². The highest BCUT2D eigenvalue weighted by molar-refractivity contribution is 4.83. The molecule has 0 amide bonds. The molecule has 2 fully saturated rings. The summed E-state index contributed by atoms with van der Waals surface area (Å²) in [6, 6.07) is 0. The van der Waals surface area contributed by atoms with E-state index in [2.05, 4.69) is 21.3 Å². The van der Waals surface area contributed by atoms with Gasteiger partial charge < -0.3 is 0 Å². The Hall–Kier alpha value is -0.160. The molecule has 0 saturated carbocycles. The highest BCUT2D eigenvalue weighted by Crippen LogP contribution is 1.97. The molecule has 0 aliphatic carbocycles. The van der Waals surface area contributed by atoms with Crippen molar-refractivity contribution in [3.05, 3.63) is 0 Å². The van der Waals surface area contributed by atoms with Crippen molar-refractivity contribution in [2.45, 2.75) is 25.2 Å². The van der Waals surface area contributed by atoms with Crippen molar-refractivity contribution in [1.29, 1.82) is 0 Å². The van der Waals surface area contributed by atoms with Crippen LogP contribution in [0.3, 0.4) is 0 Å². The molecule has 0 aromatic heterocycles. The van der Waals surface area contributed by atoms with Crippen LogP contribution in [0.15, 0.2) is 0 Å². The van der Waals surface area contributed by atoms with E-state index in [0.717, 1.165) is 26.2 Å². The molecule has 2 rings (SSSR count). The summed E-state index contributed by atoms with van der Waals surface area (Å²) < 4.78 is 0. The fourth-order valence-corrected chi connectivity index (χ4v) is 1.82. The largest absolute Gasteiger partial charge is 0.299 e. The van der Waals surface area contributed by atoms with Crippen LogP contribution in [0.1, 0.15) is 12.8 Å². The lowest BCUT2D eigenvalue weighted by Crippen LogP contribution is -2.58. The van der Waals surface area contributed by atoms with Gasteiger partial charge in [-0.1, -0.05) is 0 Å². The zero-order valence-corrected chi connectivity index (χ0v) is 7.40. The van der Waals surface area contributed by atoms with Gasteiger partial charge >= 0.3 is 0 Å². The van der Waals surface area contributed by atoms with Crippen molar-refractivity contribution < 1.29 is 0 Å². The Kier molecular flexibility index (Phi) is 2.94. The molecule has 4 N–H and O–H groups in total. The van der Waals surface area contributed by atoms with E-state index in [1.807, 2.05) is 0 Å². The van der Waals surface area contributed by atoms with Gasteiger partial charge in [-0.15, -0.1) is 0 Å². The molecule has 2 aliphatic rings. The summed E-state index contributed by atoms with van der Waals surface area (Å²) in [7, 11) is 0. The van der Waals surface area contributed by atoms with Gasteiger partial charge in [0, 0.05) is 0 Å². The first-order valence-electron chi connectivity index (χ1n) is 4.90. The Balaban J connectivity index is 1.94. The molecule has 0 aromatic rings. The summed E-state index contributed by atoms with van der Waals surface area (Å²) in [4.78, 5) is 0. The van der Waals surface area contributed by atoms with Gasteiger partial charge in [0.1, 0.15) is 0 Å². The second-order valence-corrected chi connectivity index (χ2v) is 3.48. The van der Waals surface area contributed by atoms with E-state index in [-0.39, 0.29) is 0 Å². The maximum Gasteiger partial charge on any atom is 0.0866 e. The summed E-state index contributed by atoms with van der Waals surface area (Å²) >= 11 is 0. The molecule has 0 atom stereocenters. The highest BCUT2D eigenvalue weighted by atomic mass is 15.3. The molecular formula is C8H18N4. The van der Waals surface area contributed by atoms with E-state index < -0.39 is 0 Å². The Labute approximate surface area is 73.5 Å². The summed E-state index contributed by atoms with van der Waals surface area (Å²) in [5.74, 6) is 0. The van der Waals surface area contributed by atoms with Gasteiger partial charge in [-0.05, 0) is 39.0 Å². The maximum absolute atomic E-state index is 3.49. The third kappa shape index (κ3) is 1.95. The lowest BCUT2D eigenvalue weighted by molar-refractivity contribution is 0.332. The molecule has 0 aromatic carbocycles. The third-order valence-corrected chi connectivity index (χ3v) is 2.50. The Morgan fingerprint density at radius 3 is 1.25 bits per heavy atom. The predicted octanol–water partition coefficient (Wildman–Crippen LogP) is -1.20. The Morgan fingerprint density at radius 2 is 0.917 bits per heavy atom.